The van der Waals surface area contributed by atoms with Crippen LogP contribution in [0.5, 0.6) is 0 Å². The van der Waals surface area contributed by atoms with Crippen molar-refractivity contribution < 1.29 is 30.0 Å². The zero-order valence-electron chi connectivity index (χ0n) is 11.1. The van der Waals surface area contributed by atoms with Crippen LogP contribution in [0.25, 0.3) is 0 Å². The first-order valence-corrected chi connectivity index (χ1v) is 6.81. The largest absolute Gasteiger partial charge is 0.394 e. The van der Waals surface area contributed by atoms with Crippen LogP contribution in [0, 0.1) is 0 Å². The van der Waals surface area contributed by atoms with E-state index in [-0.39, 0.29) is 0 Å². The van der Waals surface area contributed by atoms with Gasteiger partial charge in [-0.05, 0) is 19.3 Å². The number of hydrogen-bond donors (Lipinski definition) is 4. The molecule has 0 aromatic carbocycles. The highest BCUT2D eigenvalue weighted by Crippen LogP contribution is 2.35. The highest BCUT2D eigenvalue weighted by molar-refractivity contribution is 4.99. The molecule has 1 unspecified atom stereocenters. The van der Waals surface area contributed by atoms with Crippen LogP contribution in [-0.2, 0) is 9.57 Å². The third kappa shape index (κ3) is 2.78. The molecular weight excluding hydrogens is 254 g/mol. The van der Waals surface area contributed by atoms with Crippen LogP contribution in [0.15, 0.2) is 0 Å². The van der Waals surface area contributed by atoms with Gasteiger partial charge in [0.25, 0.3) is 0 Å². The number of ether oxygens (including phenoxy) is 1. The second-order valence-corrected chi connectivity index (χ2v) is 5.16. The second-order valence-electron chi connectivity index (χ2n) is 5.16. The summed E-state index contributed by atoms with van der Waals surface area (Å²) in [5, 5.41) is 41.0. The van der Waals surface area contributed by atoms with Gasteiger partial charge in [0.05, 0.1) is 6.61 Å². The number of hydrogen-bond acceptors (Lipinski definition) is 7. The van der Waals surface area contributed by atoms with Gasteiger partial charge < -0.3 is 25.2 Å². The van der Waals surface area contributed by atoms with Crippen LogP contribution < -0.4 is 0 Å². The van der Waals surface area contributed by atoms with Crippen molar-refractivity contribution in [2.24, 2.45) is 0 Å². The predicted octanol–water partition coefficient (Wildman–Crippen LogP) is -1.41. The Labute approximate surface area is 112 Å². The molecule has 7 heteroatoms. The van der Waals surface area contributed by atoms with Crippen LogP contribution in [0.2, 0.25) is 0 Å². The third-order valence-corrected chi connectivity index (χ3v) is 3.82. The second kappa shape index (κ2) is 6.01. The van der Waals surface area contributed by atoms with Crippen molar-refractivity contribution in [1.29, 1.82) is 0 Å². The van der Waals surface area contributed by atoms with Gasteiger partial charge in [0, 0.05) is 13.1 Å². The summed E-state index contributed by atoms with van der Waals surface area (Å²) in [5.41, 5.74) is 0. The average molecular weight is 277 g/mol. The van der Waals surface area contributed by atoms with E-state index in [0.29, 0.717) is 6.42 Å². The normalized spacial score (nSPS) is 41.8. The predicted molar refractivity (Wildman–Crippen MR) is 64.9 cm³/mol. The van der Waals surface area contributed by atoms with Crippen molar-refractivity contribution in [2.45, 2.75) is 56.4 Å². The number of aliphatic hydroxyl groups is 4. The van der Waals surface area contributed by atoms with Crippen molar-refractivity contribution in [3.05, 3.63) is 0 Å². The van der Waals surface area contributed by atoms with E-state index in [0.717, 1.165) is 25.9 Å². The first kappa shape index (κ1) is 15.1. The van der Waals surface area contributed by atoms with Gasteiger partial charge in [0.15, 0.2) is 0 Å². The molecule has 0 aromatic rings. The van der Waals surface area contributed by atoms with E-state index >= 15 is 0 Å². The maximum absolute atomic E-state index is 10.5. The van der Waals surface area contributed by atoms with Crippen LogP contribution in [0.3, 0.4) is 0 Å². The van der Waals surface area contributed by atoms with Gasteiger partial charge in [-0.1, -0.05) is 6.92 Å². The molecular formula is C12H23NO6. The van der Waals surface area contributed by atoms with Gasteiger partial charge in [0.1, 0.15) is 24.4 Å². The van der Waals surface area contributed by atoms with Crippen molar-refractivity contribution in [2.75, 3.05) is 19.7 Å². The fourth-order valence-electron chi connectivity index (χ4n) is 2.66. The smallest absolute Gasteiger partial charge is 0.224 e. The Morgan fingerprint density at radius 2 is 2.00 bits per heavy atom. The van der Waals surface area contributed by atoms with Crippen molar-refractivity contribution in [3.63, 3.8) is 0 Å². The molecule has 2 fully saturated rings. The zero-order valence-corrected chi connectivity index (χ0v) is 11.1. The Kier molecular flexibility index (Phi) is 4.78. The van der Waals surface area contributed by atoms with Gasteiger partial charge in [-0.15, -0.1) is 0 Å². The summed E-state index contributed by atoms with van der Waals surface area (Å²) in [6.45, 7) is 2.87. The average Bonchev–Trinajstić information content (AvgIpc) is 2.99. The third-order valence-electron chi connectivity index (χ3n) is 3.82. The molecule has 0 spiro atoms. The first-order valence-electron chi connectivity index (χ1n) is 6.81. The number of nitrogens with zero attached hydrogens (tertiary/aromatic N) is 1. The molecule has 0 saturated carbocycles. The maximum Gasteiger partial charge on any atom is 0.224 e. The lowest BCUT2D eigenvalue weighted by Crippen LogP contribution is -2.54. The molecule has 0 bridgehead atoms. The number of hydroxylamine groups is 2. The molecule has 112 valence electrons. The molecule has 5 atom stereocenters. The summed E-state index contributed by atoms with van der Waals surface area (Å²) in [6.07, 6.45) is -2.15. The van der Waals surface area contributed by atoms with E-state index < -0.39 is 36.8 Å². The molecule has 0 aliphatic carbocycles. The van der Waals surface area contributed by atoms with E-state index in [1.54, 1.807) is 12.0 Å². The van der Waals surface area contributed by atoms with Gasteiger partial charge in [-0.3, -0.25) is 4.84 Å². The summed E-state index contributed by atoms with van der Waals surface area (Å²) >= 11 is 0. The number of aliphatic hydroxyl groups excluding tert-OH is 3. The summed E-state index contributed by atoms with van der Waals surface area (Å²) in [5.74, 6) is -2.00. The molecule has 0 radical (unpaired) electrons. The zero-order chi connectivity index (χ0) is 14.0. The molecule has 2 rings (SSSR count). The molecule has 19 heavy (non-hydrogen) atoms. The highest BCUT2D eigenvalue weighted by Gasteiger charge is 2.58. The minimum absolute atomic E-state index is 0.412. The Bertz CT molecular complexity index is 298. The van der Waals surface area contributed by atoms with Crippen LogP contribution in [0.4, 0.5) is 0 Å². The molecule has 2 aliphatic rings. The molecule has 2 saturated heterocycles. The fourth-order valence-corrected chi connectivity index (χ4v) is 2.66. The SMILES string of the molecule is CCC(ON1CCCC1)[C@@]1(O)O[C@@H](CO)[C@@H](O)[C@@H]1O. The van der Waals surface area contributed by atoms with Crippen molar-refractivity contribution in [1.82, 2.24) is 5.06 Å². The standard InChI is InChI=1S/C12H23NO6/c1-2-9(19-13-5-3-4-6-13)12(17)11(16)10(15)8(7-14)18-12/h8-11,14-17H,2-7H2,1H3/t8-,9?,10+,11-,12+/m0/s1. The lowest BCUT2D eigenvalue weighted by atomic mass is 9.99. The van der Waals surface area contributed by atoms with E-state index in [1.165, 1.54) is 0 Å². The molecule has 2 aliphatic heterocycles. The monoisotopic (exact) mass is 277 g/mol. The van der Waals surface area contributed by atoms with Crippen molar-refractivity contribution in [3.8, 4) is 0 Å². The lowest BCUT2D eigenvalue weighted by Gasteiger charge is -2.35. The minimum Gasteiger partial charge on any atom is -0.394 e. The van der Waals surface area contributed by atoms with E-state index in [4.69, 9.17) is 14.7 Å². The summed E-state index contributed by atoms with van der Waals surface area (Å²) < 4.78 is 5.24. The molecule has 0 amide bonds. The Balaban J connectivity index is 2.07. The molecule has 7 nitrogen and oxygen atoms in total. The Hall–Kier alpha value is -0.280. The summed E-state index contributed by atoms with van der Waals surface area (Å²) in [6, 6.07) is 0. The van der Waals surface area contributed by atoms with E-state index in [9.17, 15) is 15.3 Å². The summed E-state index contributed by atoms with van der Waals surface area (Å²) in [4.78, 5) is 5.66. The Morgan fingerprint density at radius 1 is 1.37 bits per heavy atom. The maximum atomic E-state index is 10.5. The van der Waals surface area contributed by atoms with E-state index in [1.807, 2.05) is 0 Å². The topological polar surface area (TPSA) is 103 Å². The Morgan fingerprint density at radius 3 is 2.47 bits per heavy atom. The molecule has 0 aromatic heterocycles. The van der Waals surface area contributed by atoms with Crippen LogP contribution in [-0.4, -0.2) is 75.4 Å². The van der Waals surface area contributed by atoms with Crippen LogP contribution in [0.1, 0.15) is 26.2 Å². The van der Waals surface area contributed by atoms with Crippen LogP contribution >= 0.6 is 0 Å². The minimum atomic E-state index is -2.00. The van der Waals surface area contributed by atoms with Gasteiger partial charge in [0.2, 0.25) is 5.79 Å². The molecule has 4 N–H and O–H groups in total. The quantitative estimate of drug-likeness (QED) is 0.490. The first-order chi connectivity index (χ1) is 9.02. The lowest BCUT2D eigenvalue weighted by molar-refractivity contribution is -0.331. The summed E-state index contributed by atoms with van der Waals surface area (Å²) in [7, 11) is 0. The fraction of sp³-hybridized carbons (Fsp3) is 1.00. The molecule has 2 heterocycles. The van der Waals surface area contributed by atoms with E-state index in [2.05, 4.69) is 0 Å². The van der Waals surface area contributed by atoms with Gasteiger partial charge >= 0.3 is 0 Å². The highest BCUT2D eigenvalue weighted by atomic mass is 16.7. The van der Waals surface area contributed by atoms with Gasteiger partial charge in [-0.2, -0.15) is 5.06 Å². The number of rotatable bonds is 5. The van der Waals surface area contributed by atoms with Crippen molar-refractivity contribution >= 4 is 0 Å². The van der Waals surface area contributed by atoms with Gasteiger partial charge in [-0.25, -0.2) is 0 Å².